The number of para-hydroxylation sites is 1. The Bertz CT molecular complexity index is 3720. The molecule has 4 heterocycles. The molecule has 0 unspecified atom stereocenters. The Hall–Kier alpha value is -6.46. The zero-order valence-corrected chi connectivity index (χ0v) is 30.5. The topological polar surface area (TPSA) is 31.6 Å². The molecule has 0 saturated heterocycles. The van der Waals surface area contributed by atoms with Crippen LogP contribution < -0.4 is 0 Å². The van der Waals surface area contributed by atoms with Crippen LogP contribution in [0.1, 0.15) is 0 Å². The Balaban J connectivity index is 1.01. The van der Waals surface area contributed by atoms with Gasteiger partial charge >= 0.3 is 0 Å². The van der Waals surface area contributed by atoms with Crippen LogP contribution in [0.15, 0.2) is 158 Å². The lowest BCUT2D eigenvalue weighted by Crippen LogP contribution is -1.84. The van der Waals surface area contributed by atoms with Crippen molar-refractivity contribution in [3.8, 4) is 22.3 Å². The molecule has 0 aliphatic heterocycles. The maximum absolute atomic E-state index is 3.76. The molecule has 0 bridgehead atoms. The molecule has 0 aliphatic carbocycles. The van der Waals surface area contributed by atoms with Crippen LogP contribution in [0, 0.1) is 0 Å². The largest absolute Gasteiger partial charge is 0.354 e. The third kappa shape index (κ3) is 3.88. The third-order valence-electron chi connectivity index (χ3n) is 11.7. The van der Waals surface area contributed by atoms with Gasteiger partial charge in [-0.1, -0.05) is 115 Å². The van der Waals surface area contributed by atoms with E-state index >= 15 is 0 Å². The molecule has 2 nitrogen and oxygen atoms in total. The van der Waals surface area contributed by atoms with Gasteiger partial charge in [0.05, 0.1) is 0 Å². The number of rotatable bonds is 2. The number of nitrogens with one attached hydrogen (secondary N) is 2. The van der Waals surface area contributed by atoms with Gasteiger partial charge in [-0.3, -0.25) is 0 Å². The minimum Gasteiger partial charge on any atom is -0.354 e. The van der Waals surface area contributed by atoms with E-state index in [1.54, 1.807) is 0 Å². The van der Waals surface area contributed by atoms with Crippen LogP contribution >= 0.6 is 22.7 Å². The Morgan fingerprint density at radius 2 is 0.907 bits per heavy atom. The van der Waals surface area contributed by atoms with E-state index in [0.717, 1.165) is 0 Å². The number of H-pyrrole nitrogens is 2. The highest BCUT2D eigenvalue weighted by molar-refractivity contribution is 7.27. The SMILES string of the molecule is c1ccc2c(c1)ccc1sc3c(ccc4[nH]c5ccc(-c6ccc(-c7cc8[nH]c9ccccc9c8c8sc9ccc%10ccccc%10c9c78)cc6)cc5c43)c12. The summed E-state index contributed by atoms with van der Waals surface area (Å²) in [5.41, 5.74) is 9.66. The quantitative estimate of drug-likeness (QED) is 0.178. The van der Waals surface area contributed by atoms with Crippen molar-refractivity contribution in [2.45, 2.75) is 0 Å². The van der Waals surface area contributed by atoms with E-state index in [0.29, 0.717) is 0 Å². The van der Waals surface area contributed by atoms with Crippen molar-refractivity contribution in [1.82, 2.24) is 9.97 Å². The van der Waals surface area contributed by atoms with Crippen molar-refractivity contribution in [3.05, 3.63) is 158 Å². The Kier molecular flexibility index (Phi) is 5.69. The second-order valence-corrected chi connectivity index (χ2v) is 16.7. The summed E-state index contributed by atoms with van der Waals surface area (Å²) in [7, 11) is 0. The first-order valence-electron chi connectivity index (χ1n) is 18.4. The highest BCUT2D eigenvalue weighted by Crippen LogP contribution is 2.49. The number of aromatic nitrogens is 2. The fraction of sp³-hybridized carbons (Fsp3) is 0. The standard InChI is InChI=1S/C50H28N2S2/c1-3-9-32-28(7-1)18-23-42-44(32)35-20-22-40-46(49(35)53-42)37-25-31(17-21-39(37)51-40)27-13-15-30(16-14-27)36-26-41-45(34-11-5-6-12-38(34)52-41)50-48(36)47-33-10-4-2-8-29(33)19-24-43(47)54-50/h1-26,51-52H. The molecule has 0 fully saturated rings. The lowest BCUT2D eigenvalue weighted by Gasteiger charge is -2.10. The smallest absolute Gasteiger partial charge is 0.0485 e. The van der Waals surface area contributed by atoms with Gasteiger partial charge in [-0.25, -0.2) is 0 Å². The van der Waals surface area contributed by atoms with Gasteiger partial charge in [-0.15, -0.1) is 22.7 Å². The first-order valence-corrected chi connectivity index (χ1v) is 20.1. The molecule has 4 aromatic heterocycles. The summed E-state index contributed by atoms with van der Waals surface area (Å²) in [5, 5.41) is 15.8. The number of hydrogen-bond donors (Lipinski definition) is 2. The van der Waals surface area contributed by atoms with Gasteiger partial charge in [0.15, 0.2) is 0 Å². The van der Waals surface area contributed by atoms with Crippen LogP contribution in [-0.2, 0) is 0 Å². The molecular weight excluding hydrogens is 693 g/mol. The van der Waals surface area contributed by atoms with E-state index < -0.39 is 0 Å². The second kappa shape index (κ2) is 10.6. The monoisotopic (exact) mass is 720 g/mol. The summed E-state index contributed by atoms with van der Waals surface area (Å²) in [4.78, 5) is 7.49. The van der Waals surface area contributed by atoms with Crippen molar-refractivity contribution in [1.29, 1.82) is 0 Å². The minimum atomic E-state index is 1.17. The molecular formula is C50H28N2S2. The molecule has 2 N–H and O–H groups in total. The predicted octanol–water partition coefficient (Wildman–Crippen LogP) is 15.3. The number of thiophene rings is 2. The molecule has 4 heteroatoms. The van der Waals surface area contributed by atoms with Gasteiger partial charge in [0.2, 0.25) is 0 Å². The van der Waals surface area contributed by atoms with Crippen LogP contribution in [-0.4, -0.2) is 9.97 Å². The maximum atomic E-state index is 3.76. The van der Waals surface area contributed by atoms with Crippen LogP contribution in [0.4, 0.5) is 0 Å². The summed E-state index contributed by atoms with van der Waals surface area (Å²) in [6.07, 6.45) is 0. The molecule has 13 rings (SSSR count). The summed E-state index contributed by atoms with van der Waals surface area (Å²) in [5.74, 6) is 0. The molecule has 0 radical (unpaired) electrons. The van der Waals surface area contributed by atoms with E-state index in [1.165, 1.54) is 128 Å². The number of fused-ring (bicyclic) bond motifs is 18. The molecule has 0 amide bonds. The number of benzene rings is 9. The van der Waals surface area contributed by atoms with Gasteiger partial charge in [0.25, 0.3) is 0 Å². The van der Waals surface area contributed by atoms with Crippen molar-refractivity contribution in [2.75, 3.05) is 0 Å². The normalized spacial score (nSPS) is 12.4. The van der Waals surface area contributed by atoms with E-state index in [-0.39, 0.29) is 0 Å². The van der Waals surface area contributed by atoms with E-state index in [2.05, 4.69) is 168 Å². The van der Waals surface area contributed by atoms with Gasteiger partial charge in [0, 0.05) is 84.0 Å². The molecule has 13 aromatic rings. The molecule has 0 aliphatic rings. The zero-order valence-electron chi connectivity index (χ0n) is 28.8. The van der Waals surface area contributed by atoms with Crippen molar-refractivity contribution in [3.63, 3.8) is 0 Å². The first kappa shape index (κ1) is 29.0. The molecule has 0 spiro atoms. The fourth-order valence-corrected chi connectivity index (χ4v) is 11.9. The van der Waals surface area contributed by atoms with Gasteiger partial charge in [-0.2, -0.15) is 0 Å². The van der Waals surface area contributed by atoms with Gasteiger partial charge < -0.3 is 9.97 Å². The van der Waals surface area contributed by atoms with Crippen molar-refractivity contribution < 1.29 is 0 Å². The average Bonchev–Trinajstić information content (AvgIpc) is 4.00. The van der Waals surface area contributed by atoms with Crippen molar-refractivity contribution in [2.24, 2.45) is 0 Å². The highest BCUT2D eigenvalue weighted by Gasteiger charge is 2.20. The van der Waals surface area contributed by atoms with Crippen LogP contribution in [0.2, 0.25) is 0 Å². The second-order valence-electron chi connectivity index (χ2n) is 14.6. The van der Waals surface area contributed by atoms with Crippen LogP contribution in [0.3, 0.4) is 0 Å². The predicted molar refractivity (Wildman–Crippen MR) is 237 cm³/mol. The summed E-state index contributed by atoms with van der Waals surface area (Å²) >= 11 is 3.83. The Morgan fingerprint density at radius 3 is 1.72 bits per heavy atom. The zero-order chi connectivity index (χ0) is 35.1. The average molecular weight is 721 g/mol. The Morgan fingerprint density at radius 1 is 0.315 bits per heavy atom. The molecule has 0 saturated carbocycles. The highest BCUT2D eigenvalue weighted by atomic mass is 32.1. The summed E-state index contributed by atoms with van der Waals surface area (Å²) < 4.78 is 5.36. The fourth-order valence-electron chi connectivity index (χ4n) is 9.27. The van der Waals surface area contributed by atoms with E-state index in [9.17, 15) is 0 Å². The Labute approximate surface area is 316 Å². The maximum Gasteiger partial charge on any atom is 0.0485 e. The van der Waals surface area contributed by atoms with Crippen LogP contribution in [0.25, 0.3) is 128 Å². The van der Waals surface area contributed by atoms with E-state index in [4.69, 9.17) is 0 Å². The lowest BCUT2D eigenvalue weighted by molar-refractivity contribution is 1.54. The number of aromatic amines is 2. The summed E-state index contributed by atoms with van der Waals surface area (Å²) in [6, 6.07) is 58.5. The van der Waals surface area contributed by atoms with Crippen LogP contribution in [0.5, 0.6) is 0 Å². The first-order chi connectivity index (χ1) is 26.7. The molecule has 250 valence electrons. The number of hydrogen-bond acceptors (Lipinski definition) is 2. The summed E-state index contributed by atoms with van der Waals surface area (Å²) in [6.45, 7) is 0. The van der Waals surface area contributed by atoms with E-state index in [1.807, 2.05) is 22.7 Å². The van der Waals surface area contributed by atoms with Crippen molar-refractivity contribution >= 4 is 128 Å². The lowest BCUT2D eigenvalue weighted by atomic mass is 9.93. The molecule has 54 heavy (non-hydrogen) atoms. The van der Waals surface area contributed by atoms with Gasteiger partial charge in [-0.05, 0) is 86.3 Å². The molecule has 9 aromatic carbocycles. The molecule has 0 atom stereocenters. The third-order valence-corrected chi connectivity index (χ3v) is 14.1. The van der Waals surface area contributed by atoms with Gasteiger partial charge in [0.1, 0.15) is 0 Å². The minimum absolute atomic E-state index is 1.17.